The Balaban J connectivity index is 1.63. The Morgan fingerprint density at radius 1 is 1.24 bits per heavy atom. The second-order valence-electron chi connectivity index (χ2n) is 4.80. The molecule has 7 heteroatoms. The van der Waals surface area contributed by atoms with Crippen LogP contribution < -0.4 is 4.74 Å². The number of nitrogens with zero attached hydrogens (tertiary/aromatic N) is 5. The maximum absolute atomic E-state index is 5.77. The molecule has 7 nitrogen and oxygen atoms in total. The maximum atomic E-state index is 5.77. The van der Waals surface area contributed by atoms with E-state index in [4.69, 9.17) is 9.47 Å². The van der Waals surface area contributed by atoms with Crippen molar-refractivity contribution in [3.05, 3.63) is 42.2 Å². The van der Waals surface area contributed by atoms with Crippen molar-refractivity contribution in [2.24, 2.45) is 0 Å². The number of morpholine rings is 1. The molecule has 1 aliphatic heterocycles. The molecule has 0 amide bonds. The average Bonchev–Trinajstić information content (AvgIpc) is 2.57. The third kappa shape index (κ3) is 3.50. The summed E-state index contributed by atoms with van der Waals surface area (Å²) in [5.41, 5.74) is 1.92. The summed E-state index contributed by atoms with van der Waals surface area (Å²) in [6, 6.07) is 0.387. The Morgan fingerprint density at radius 3 is 2.81 bits per heavy atom. The minimum Gasteiger partial charge on any atom is -0.467 e. The van der Waals surface area contributed by atoms with Gasteiger partial charge in [0.1, 0.15) is 6.10 Å². The Kier molecular flexibility index (Phi) is 4.32. The van der Waals surface area contributed by atoms with Crippen molar-refractivity contribution in [3.8, 4) is 6.01 Å². The SMILES string of the molecule is COc1ncc(CN2CCO[C@@H](c3cnccn3)C2)cn1. The van der Waals surface area contributed by atoms with E-state index in [2.05, 4.69) is 24.8 Å². The van der Waals surface area contributed by atoms with E-state index in [0.717, 1.165) is 30.9 Å². The van der Waals surface area contributed by atoms with Gasteiger partial charge in [-0.3, -0.25) is 14.9 Å². The molecule has 0 radical (unpaired) electrons. The molecule has 0 aliphatic carbocycles. The summed E-state index contributed by atoms with van der Waals surface area (Å²) in [5, 5.41) is 0. The van der Waals surface area contributed by atoms with Crippen LogP contribution in [0.2, 0.25) is 0 Å². The van der Waals surface area contributed by atoms with Crippen LogP contribution in [0.1, 0.15) is 17.4 Å². The van der Waals surface area contributed by atoms with Gasteiger partial charge in [-0.25, -0.2) is 9.97 Å². The summed E-state index contributed by atoms with van der Waals surface area (Å²) < 4.78 is 10.7. The lowest BCUT2D eigenvalue weighted by molar-refractivity contribution is -0.0352. The van der Waals surface area contributed by atoms with Gasteiger partial charge < -0.3 is 9.47 Å². The normalized spacial score (nSPS) is 19.4. The predicted molar refractivity (Wildman–Crippen MR) is 74.6 cm³/mol. The topological polar surface area (TPSA) is 73.3 Å². The van der Waals surface area contributed by atoms with Crippen LogP contribution in [0.4, 0.5) is 0 Å². The van der Waals surface area contributed by atoms with Crippen molar-refractivity contribution >= 4 is 0 Å². The van der Waals surface area contributed by atoms with Gasteiger partial charge in [0.15, 0.2) is 0 Å². The Morgan fingerprint density at radius 2 is 2.10 bits per heavy atom. The molecule has 1 saturated heterocycles. The summed E-state index contributed by atoms with van der Waals surface area (Å²) in [6.45, 7) is 3.12. The molecule has 110 valence electrons. The summed E-state index contributed by atoms with van der Waals surface area (Å²) in [6.07, 6.45) is 8.65. The van der Waals surface area contributed by atoms with Crippen molar-refractivity contribution in [1.82, 2.24) is 24.8 Å². The Hall–Kier alpha value is -2.12. The smallest absolute Gasteiger partial charge is 0.316 e. The number of hydrogen-bond acceptors (Lipinski definition) is 7. The van der Waals surface area contributed by atoms with E-state index < -0.39 is 0 Å². The maximum Gasteiger partial charge on any atom is 0.316 e. The lowest BCUT2D eigenvalue weighted by Gasteiger charge is -2.32. The van der Waals surface area contributed by atoms with E-state index >= 15 is 0 Å². The third-order valence-corrected chi connectivity index (χ3v) is 3.33. The van der Waals surface area contributed by atoms with Crippen LogP contribution >= 0.6 is 0 Å². The second-order valence-corrected chi connectivity index (χ2v) is 4.80. The first-order valence-electron chi connectivity index (χ1n) is 6.80. The van der Waals surface area contributed by atoms with E-state index in [0.29, 0.717) is 12.6 Å². The standard InChI is InChI=1S/C14H17N5O2/c1-20-14-17-6-11(7-18-14)9-19-4-5-21-13(10-19)12-8-15-2-3-16-12/h2-3,6-8,13H,4-5,9-10H2,1H3/t13-/m1/s1. The van der Waals surface area contributed by atoms with Crippen LogP contribution in [0, 0.1) is 0 Å². The molecule has 1 aliphatic rings. The van der Waals surface area contributed by atoms with Crippen LogP contribution in [0.3, 0.4) is 0 Å². The predicted octanol–water partition coefficient (Wildman–Crippen LogP) is 0.849. The van der Waals surface area contributed by atoms with Gasteiger partial charge in [0.25, 0.3) is 0 Å². The van der Waals surface area contributed by atoms with Gasteiger partial charge in [-0.1, -0.05) is 0 Å². The molecule has 0 unspecified atom stereocenters. The third-order valence-electron chi connectivity index (χ3n) is 3.33. The van der Waals surface area contributed by atoms with Gasteiger partial charge in [0.05, 0.1) is 25.6 Å². The van der Waals surface area contributed by atoms with E-state index in [9.17, 15) is 0 Å². The molecule has 21 heavy (non-hydrogen) atoms. The molecule has 2 aromatic rings. The molecule has 0 bridgehead atoms. The highest BCUT2D eigenvalue weighted by Gasteiger charge is 2.23. The monoisotopic (exact) mass is 287 g/mol. The van der Waals surface area contributed by atoms with E-state index in [1.54, 1.807) is 38.1 Å². The number of aromatic nitrogens is 4. The lowest BCUT2D eigenvalue weighted by Crippen LogP contribution is -2.38. The fraction of sp³-hybridized carbons (Fsp3) is 0.429. The molecule has 0 saturated carbocycles. The lowest BCUT2D eigenvalue weighted by atomic mass is 10.2. The molecule has 1 fully saturated rings. The Bertz CT molecular complexity index is 563. The van der Waals surface area contributed by atoms with Crippen LogP contribution in [-0.4, -0.2) is 51.6 Å². The van der Waals surface area contributed by atoms with E-state index in [-0.39, 0.29) is 6.10 Å². The largest absolute Gasteiger partial charge is 0.467 e. The van der Waals surface area contributed by atoms with Crippen molar-refractivity contribution in [3.63, 3.8) is 0 Å². The molecule has 1 atom stereocenters. The quantitative estimate of drug-likeness (QED) is 0.825. The molecular formula is C14H17N5O2. The van der Waals surface area contributed by atoms with Crippen molar-refractivity contribution in [1.29, 1.82) is 0 Å². The molecule has 3 heterocycles. The van der Waals surface area contributed by atoms with Crippen LogP contribution in [0.5, 0.6) is 6.01 Å². The minimum atomic E-state index is -0.0355. The zero-order chi connectivity index (χ0) is 14.5. The van der Waals surface area contributed by atoms with Gasteiger partial charge in [0.2, 0.25) is 0 Å². The van der Waals surface area contributed by atoms with Gasteiger partial charge in [-0.05, 0) is 0 Å². The van der Waals surface area contributed by atoms with Gasteiger partial charge >= 0.3 is 6.01 Å². The van der Waals surface area contributed by atoms with Crippen molar-refractivity contribution in [2.45, 2.75) is 12.6 Å². The summed E-state index contributed by atoms with van der Waals surface area (Å²) >= 11 is 0. The first-order chi connectivity index (χ1) is 10.3. The fourth-order valence-electron chi connectivity index (χ4n) is 2.29. The molecule has 3 rings (SSSR count). The molecule has 0 spiro atoms. The van der Waals surface area contributed by atoms with Crippen LogP contribution in [0.25, 0.3) is 0 Å². The summed E-state index contributed by atoms with van der Waals surface area (Å²) in [5.74, 6) is 0. The number of methoxy groups -OCH3 is 1. The number of hydrogen-bond donors (Lipinski definition) is 0. The zero-order valence-electron chi connectivity index (χ0n) is 11.8. The number of ether oxygens (including phenoxy) is 2. The molecular weight excluding hydrogens is 270 g/mol. The Labute approximate surface area is 123 Å². The summed E-state index contributed by atoms with van der Waals surface area (Å²) in [4.78, 5) is 19.0. The molecule has 0 N–H and O–H groups in total. The van der Waals surface area contributed by atoms with Crippen molar-refractivity contribution in [2.75, 3.05) is 26.8 Å². The zero-order valence-corrected chi connectivity index (χ0v) is 11.8. The van der Waals surface area contributed by atoms with E-state index in [1.165, 1.54) is 0 Å². The molecule has 0 aromatic carbocycles. The van der Waals surface area contributed by atoms with Gasteiger partial charge in [-0.2, -0.15) is 0 Å². The highest BCUT2D eigenvalue weighted by Crippen LogP contribution is 2.20. The fourth-order valence-corrected chi connectivity index (χ4v) is 2.29. The van der Waals surface area contributed by atoms with Crippen LogP contribution in [0.15, 0.2) is 31.0 Å². The first-order valence-corrected chi connectivity index (χ1v) is 6.80. The van der Waals surface area contributed by atoms with Gasteiger partial charge in [0, 0.05) is 50.0 Å². The molecule has 2 aromatic heterocycles. The summed E-state index contributed by atoms with van der Waals surface area (Å²) in [7, 11) is 1.56. The number of rotatable bonds is 4. The van der Waals surface area contributed by atoms with E-state index in [1.807, 2.05) is 0 Å². The highest BCUT2D eigenvalue weighted by atomic mass is 16.5. The second kappa shape index (κ2) is 6.55. The highest BCUT2D eigenvalue weighted by molar-refractivity contribution is 5.08. The minimum absolute atomic E-state index is 0.0355. The van der Waals surface area contributed by atoms with Crippen LogP contribution in [-0.2, 0) is 11.3 Å². The first kappa shape index (κ1) is 13.8. The average molecular weight is 287 g/mol. The van der Waals surface area contributed by atoms with Crippen molar-refractivity contribution < 1.29 is 9.47 Å². The van der Waals surface area contributed by atoms with Gasteiger partial charge in [-0.15, -0.1) is 0 Å².